The summed E-state index contributed by atoms with van der Waals surface area (Å²) in [4.78, 5) is 37.6. The van der Waals surface area contributed by atoms with Crippen molar-refractivity contribution in [3.8, 4) is 0 Å². The highest BCUT2D eigenvalue weighted by molar-refractivity contribution is 6.22. The maximum Gasteiger partial charge on any atom is 0.416 e. The number of anilines is 1. The Morgan fingerprint density at radius 3 is 2.29 bits per heavy atom. The molecule has 5 rings (SSSR count). The number of non-ortho nitro benzene ring substituents is 1. The maximum absolute atomic E-state index is 13.2. The first kappa shape index (κ1) is 19.7. The lowest BCUT2D eigenvalue weighted by molar-refractivity contribution is -0.384. The summed E-state index contributed by atoms with van der Waals surface area (Å²) in [6, 6.07) is 10.5. The normalized spacial score (nSPS) is 29.5. The molecule has 0 radical (unpaired) electrons. The summed E-state index contributed by atoms with van der Waals surface area (Å²) in [6.07, 6.45) is -3.19. The molecule has 3 aliphatic rings. The van der Waals surface area contributed by atoms with E-state index in [9.17, 15) is 32.9 Å². The molecular weight excluding hydrogens is 413 g/mol. The lowest BCUT2D eigenvalue weighted by Crippen LogP contribution is -2.33. The second-order valence-electron chi connectivity index (χ2n) is 8.46. The van der Waals surface area contributed by atoms with E-state index in [1.807, 2.05) is 0 Å². The molecule has 2 saturated carbocycles. The number of carbonyl (C=O) groups excluding carboxylic acids is 2. The van der Waals surface area contributed by atoms with Crippen LogP contribution in [0.1, 0.15) is 29.9 Å². The van der Waals surface area contributed by atoms with Crippen LogP contribution in [-0.2, 0) is 15.8 Å². The smallest absolute Gasteiger partial charge is 0.274 e. The Morgan fingerprint density at radius 1 is 0.968 bits per heavy atom. The van der Waals surface area contributed by atoms with Crippen molar-refractivity contribution in [1.29, 1.82) is 0 Å². The van der Waals surface area contributed by atoms with E-state index in [1.165, 1.54) is 24.3 Å². The minimum absolute atomic E-state index is 0.00902. The van der Waals surface area contributed by atoms with Gasteiger partial charge in [-0.05, 0) is 54.4 Å². The van der Waals surface area contributed by atoms with Gasteiger partial charge < -0.3 is 0 Å². The van der Waals surface area contributed by atoms with Crippen LogP contribution in [0.25, 0.3) is 0 Å². The number of alkyl halides is 3. The molecule has 2 aromatic rings. The molecule has 2 aliphatic carbocycles. The number of carbonyl (C=O) groups is 2. The van der Waals surface area contributed by atoms with Gasteiger partial charge in [0.15, 0.2) is 0 Å². The molecule has 1 saturated heterocycles. The minimum atomic E-state index is -4.57. The largest absolute Gasteiger partial charge is 0.416 e. The number of benzene rings is 2. The van der Waals surface area contributed by atoms with Crippen molar-refractivity contribution in [2.45, 2.75) is 24.9 Å². The molecule has 0 N–H and O–H groups in total. The first-order valence-electron chi connectivity index (χ1n) is 9.96. The van der Waals surface area contributed by atoms with Gasteiger partial charge in [-0.25, -0.2) is 0 Å². The zero-order valence-corrected chi connectivity index (χ0v) is 16.1. The third kappa shape index (κ3) is 2.94. The summed E-state index contributed by atoms with van der Waals surface area (Å²) in [6.45, 7) is 0. The van der Waals surface area contributed by atoms with Gasteiger partial charge in [0.25, 0.3) is 5.69 Å². The third-order valence-electron chi connectivity index (χ3n) is 6.98. The van der Waals surface area contributed by atoms with Gasteiger partial charge in [-0.3, -0.25) is 24.6 Å². The Hall–Kier alpha value is -3.23. The van der Waals surface area contributed by atoms with Gasteiger partial charge in [0.2, 0.25) is 11.8 Å². The second kappa shape index (κ2) is 6.63. The van der Waals surface area contributed by atoms with Crippen LogP contribution < -0.4 is 4.90 Å². The van der Waals surface area contributed by atoms with Crippen molar-refractivity contribution < 1.29 is 27.7 Å². The Kier molecular flexibility index (Phi) is 4.22. The van der Waals surface area contributed by atoms with Crippen LogP contribution >= 0.6 is 0 Å². The molecule has 9 heteroatoms. The molecule has 5 atom stereocenters. The van der Waals surface area contributed by atoms with Crippen LogP contribution in [0.3, 0.4) is 0 Å². The number of halogens is 3. The third-order valence-corrected chi connectivity index (χ3v) is 6.98. The maximum atomic E-state index is 13.2. The molecule has 1 aliphatic heterocycles. The molecule has 31 heavy (non-hydrogen) atoms. The fourth-order valence-corrected chi connectivity index (χ4v) is 5.76. The first-order chi connectivity index (χ1) is 14.7. The average Bonchev–Trinajstić information content (AvgIpc) is 3.39. The van der Waals surface area contributed by atoms with E-state index in [1.54, 1.807) is 12.1 Å². The van der Waals surface area contributed by atoms with Crippen LogP contribution in [0.5, 0.6) is 0 Å². The molecule has 2 amide bonds. The van der Waals surface area contributed by atoms with Gasteiger partial charge in [0.1, 0.15) is 0 Å². The second-order valence-corrected chi connectivity index (χ2v) is 8.46. The summed E-state index contributed by atoms with van der Waals surface area (Å²) in [5.41, 5.74) is -0.0955. The number of fused-ring (bicyclic) bond motifs is 5. The van der Waals surface area contributed by atoms with Gasteiger partial charge in [-0.1, -0.05) is 18.2 Å². The molecule has 160 valence electrons. The highest BCUT2D eigenvalue weighted by atomic mass is 19.4. The number of rotatable bonds is 3. The van der Waals surface area contributed by atoms with Gasteiger partial charge in [0, 0.05) is 12.1 Å². The summed E-state index contributed by atoms with van der Waals surface area (Å²) in [5.74, 6) is -2.10. The van der Waals surface area contributed by atoms with E-state index >= 15 is 0 Å². The molecule has 0 spiro atoms. The highest BCUT2D eigenvalue weighted by Crippen LogP contribution is 2.62. The lowest BCUT2D eigenvalue weighted by Gasteiger charge is -2.28. The van der Waals surface area contributed by atoms with Crippen molar-refractivity contribution in [2.75, 3.05) is 4.90 Å². The van der Waals surface area contributed by atoms with Crippen molar-refractivity contribution in [2.24, 2.45) is 23.7 Å². The van der Waals surface area contributed by atoms with E-state index in [-0.39, 0.29) is 29.1 Å². The number of nitro groups is 1. The van der Waals surface area contributed by atoms with Crippen LogP contribution in [0.15, 0.2) is 48.5 Å². The van der Waals surface area contributed by atoms with Crippen LogP contribution in [0, 0.1) is 33.8 Å². The number of nitro benzene ring substituents is 1. The monoisotopic (exact) mass is 430 g/mol. The van der Waals surface area contributed by atoms with E-state index in [0.717, 1.165) is 22.6 Å². The first-order valence-corrected chi connectivity index (χ1v) is 9.96. The fraction of sp³-hybridized carbons (Fsp3) is 0.364. The lowest BCUT2D eigenvalue weighted by atomic mass is 9.73. The number of imide groups is 1. The van der Waals surface area contributed by atoms with Crippen molar-refractivity contribution >= 4 is 23.2 Å². The number of hydrogen-bond acceptors (Lipinski definition) is 4. The summed E-state index contributed by atoms with van der Waals surface area (Å²) < 4.78 is 39.3. The summed E-state index contributed by atoms with van der Waals surface area (Å²) in [5, 5.41) is 10.9. The summed E-state index contributed by atoms with van der Waals surface area (Å²) >= 11 is 0. The van der Waals surface area contributed by atoms with Crippen molar-refractivity contribution in [3.05, 3.63) is 69.8 Å². The minimum Gasteiger partial charge on any atom is -0.274 e. The van der Waals surface area contributed by atoms with Crippen molar-refractivity contribution in [1.82, 2.24) is 0 Å². The Balaban J connectivity index is 1.44. The molecule has 2 aromatic carbocycles. The molecule has 6 nitrogen and oxygen atoms in total. The molecule has 0 aromatic heterocycles. The molecule has 2 bridgehead atoms. The van der Waals surface area contributed by atoms with E-state index in [0.29, 0.717) is 12.8 Å². The standard InChI is InChI=1S/C22H17F3N2O4/c23-22(24,25)13-2-1-3-15(10-13)26-20(28)18-12-8-16(17(9-12)19(18)21(26)29)11-4-6-14(7-5-11)27(30)31/h1-7,10,12,16-19H,8-9H2. The highest BCUT2D eigenvalue weighted by Gasteiger charge is 2.64. The zero-order valence-electron chi connectivity index (χ0n) is 16.1. The predicted molar refractivity (Wildman–Crippen MR) is 103 cm³/mol. The quantitative estimate of drug-likeness (QED) is 0.407. The van der Waals surface area contributed by atoms with E-state index in [2.05, 4.69) is 0 Å². The predicted octanol–water partition coefficient (Wildman–Crippen LogP) is 4.54. The van der Waals surface area contributed by atoms with E-state index < -0.39 is 40.3 Å². The fourth-order valence-electron chi connectivity index (χ4n) is 5.76. The van der Waals surface area contributed by atoms with Gasteiger partial charge in [-0.2, -0.15) is 13.2 Å². The Labute approximate surface area is 174 Å². The Bertz CT molecular complexity index is 1100. The number of hydrogen-bond donors (Lipinski definition) is 0. The SMILES string of the molecule is O=C1C2C3CC(c4ccc([N+](=O)[O-])cc4)C(C3)C2C(=O)N1c1cccc(C(F)(F)F)c1. The topological polar surface area (TPSA) is 80.5 Å². The molecule has 1 heterocycles. The van der Waals surface area contributed by atoms with Crippen LogP contribution in [0.4, 0.5) is 24.5 Å². The Morgan fingerprint density at radius 2 is 1.65 bits per heavy atom. The molecular formula is C22H17F3N2O4. The molecule has 3 fully saturated rings. The number of amides is 2. The van der Waals surface area contributed by atoms with Crippen LogP contribution in [0.2, 0.25) is 0 Å². The van der Waals surface area contributed by atoms with Crippen LogP contribution in [-0.4, -0.2) is 16.7 Å². The average molecular weight is 430 g/mol. The summed E-state index contributed by atoms with van der Waals surface area (Å²) in [7, 11) is 0. The van der Waals surface area contributed by atoms with Gasteiger partial charge >= 0.3 is 6.18 Å². The molecule has 5 unspecified atom stereocenters. The van der Waals surface area contributed by atoms with E-state index in [4.69, 9.17) is 0 Å². The van der Waals surface area contributed by atoms with Gasteiger partial charge in [-0.15, -0.1) is 0 Å². The number of nitrogens with zero attached hydrogens (tertiary/aromatic N) is 2. The van der Waals surface area contributed by atoms with Crippen molar-refractivity contribution in [3.63, 3.8) is 0 Å². The van der Waals surface area contributed by atoms with Gasteiger partial charge in [0.05, 0.1) is 28.0 Å². The zero-order chi connectivity index (χ0) is 22.1.